The largest absolute Gasteiger partial charge is 0.416 e. The summed E-state index contributed by atoms with van der Waals surface area (Å²) in [6.45, 7) is 1.88. The number of alkyl halides is 3. The minimum Gasteiger partial charge on any atom is -0.385 e. The summed E-state index contributed by atoms with van der Waals surface area (Å²) in [5, 5.41) is 2.93. The average molecular weight is 370 g/mol. The smallest absolute Gasteiger partial charge is 0.385 e. The van der Waals surface area contributed by atoms with E-state index in [1.807, 2.05) is 0 Å². The summed E-state index contributed by atoms with van der Waals surface area (Å²) in [5.74, 6) is -0.380. The lowest BCUT2D eigenvalue weighted by atomic mass is 9.80. The van der Waals surface area contributed by atoms with Gasteiger partial charge in [0, 0.05) is 38.5 Å². The van der Waals surface area contributed by atoms with Crippen molar-refractivity contribution in [3.8, 4) is 0 Å². The standard InChI is InChI=1S/C19H25F3N2O2/c1-26-10-4-8-23-18(25)15-12-13-11-14(19(20,21)22)6-7-16(13)24-9-3-2-5-17(15)24/h6-7,11,15,17H,2-5,8-10,12H2,1H3,(H,23,25)/t15-,17+/m1/s1. The van der Waals surface area contributed by atoms with Crippen molar-refractivity contribution in [1.29, 1.82) is 0 Å². The fourth-order valence-corrected chi connectivity index (χ4v) is 4.08. The molecule has 1 saturated heterocycles. The number of methoxy groups -OCH3 is 1. The quantitative estimate of drug-likeness (QED) is 0.808. The number of ether oxygens (including phenoxy) is 1. The van der Waals surface area contributed by atoms with E-state index < -0.39 is 11.7 Å². The number of benzene rings is 1. The van der Waals surface area contributed by atoms with Crippen LogP contribution in [0.4, 0.5) is 18.9 Å². The number of rotatable bonds is 5. The Morgan fingerprint density at radius 1 is 1.35 bits per heavy atom. The molecule has 4 nitrogen and oxygen atoms in total. The van der Waals surface area contributed by atoms with Gasteiger partial charge >= 0.3 is 6.18 Å². The van der Waals surface area contributed by atoms with Crippen molar-refractivity contribution >= 4 is 11.6 Å². The first-order valence-corrected chi connectivity index (χ1v) is 9.15. The Morgan fingerprint density at radius 3 is 2.88 bits per heavy atom. The molecule has 1 aromatic rings. The number of halogens is 3. The van der Waals surface area contributed by atoms with Gasteiger partial charge in [0.1, 0.15) is 0 Å². The van der Waals surface area contributed by atoms with Crippen LogP contribution in [0.15, 0.2) is 18.2 Å². The number of hydrogen-bond donors (Lipinski definition) is 1. The summed E-state index contributed by atoms with van der Waals surface area (Å²) in [4.78, 5) is 14.8. The fraction of sp³-hybridized carbons (Fsp3) is 0.632. The summed E-state index contributed by atoms with van der Waals surface area (Å²) < 4.78 is 44.2. The molecular weight excluding hydrogens is 345 g/mol. The molecule has 0 saturated carbocycles. The molecule has 1 aromatic carbocycles. The molecule has 1 fully saturated rings. The highest BCUT2D eigenvalue weighted by molar-refractivity contribution is 5.82. The van der Waals surface area contributed by atoms with Gasteiger partial charge in [-0.25, -0.2) is 0 Å². The number of nitrogens with zero attached hydrogens (tertiary/aromatic N) is 1. The monoisotopic (exact) mass is 370 g/mol. The van der Waals surface area contributed by atoms with E-state index in [4.69, 9.17) is 4.74 Å². The number of carbonyl (C=O) groups excluding carboxylic acids is 1. The van der Waals surface area contributed by atoms with Gasteiger partial charge in [0.2, 0.25) is 5.91 Å². The highest BCUT2D eigenvalue weighted by Crippen LogP contribution is 2.41. The van der Waals surface area contributed by atoms with Crippen molar-refractivity contribution in [2.45, 2.75) is 44.3 Å². The van der Waals surface area contributed by atoms with E-state index in [0.717, 1.165) is 44.0 Å². The Balaban J connectivity index is 1.82. The number of anilines is 1. The Kier molecular flexibility index (Phi) is 5.75. The van der Waals surface area contributed by atoms with Crippen LogP contribution in [-0.2, 0) is 22.1 Å². The molecule has 2 heterocycles. The van der Waals surface area contributed by atoms with Gasteiger partial charge in [-0.05, 0) is 55.9 Å². The van der Waals surface area contributed by atoms with Gasteiger partial charge in [-0.15, -0.1) is 0 Å². The van der Waals surface area contributed by atoms with Crippen molar-refractivity contribution < 1.29 is 22.7 Å². The molecule has 0 aromatic heterocycles. The van der Waals surface area contributed by atoms with Crippen LogP contribution in [0.1, 0.15) is 36.8 Å². The van der Waals surface area contributed by atoms with Gasteiger partial charge in [0.15, 0.2) is 0 Å². The van der Waals surface area contributed by atoms with Crippen molar-refractivity contribution in [1.82, 2.24) is 5.32 Å². The van der Waals surface area contributed by atoms with E-state index in [9.17, 15) is 18.0 Å². The molecule has 144 valence electrons. The van der Waals surface area contributed by atoms with Gasteiger partial charge < -0.3 is 15.0 Å². The third-order valence-electron chi connectivity index (χ3n) is 5.33. The molecular formula is C19H25F3N2O2. The zero-order valence-electron chi connectivity index (χ0n) is 14.9. The van der Waals surface area contributed by atoms with Crippen LogP contribution in [-0.4, -0.2) is 38.8 Å². The van der Waals surface area contributed by atoms with Crippen molar-refractivity contribution in [3.63, 3.8) is 0 Å². The molecule has 2 aliphatic heterocycles. The zero-order valence-corrected chi connectivity index (χ0v) is 14.9. The highest BCUT2D eigenvalue weighted by Gasteiger charge is 2.40. The summed E-state index contributed by atoms with van der Waals surface area (Å²) >= 11 is 0. The van der Waals surface area contributed by atoms with E-state index in [-0.39, 0.29) is 17.9 Å². The van der Waals surface area contributed by atoms with Crippen LogP contribution in [0.3, 0.4) is 0 Å². The third kappa shape index (κ3) is 3.98. The summed E-state index contributed by atoms with van der Waals surface area (Å²) in [7, 11) is 1.61. The van der Waals surface area contributed by atoms with Crippen LogP contribution in [0.25, 0.3) is 0 Å². The molecule has 26 heavy (non-hydrogen) atoms. The molecule has 0 unspecified atom stereocenters. The van der Waals surface area contributed by atoms with Gasteiger partial charge in [-0.1, -0.05) is 0 Å². The Morgan fingerprint density at radius 2 is 2.15 bits per heavy atom. The van der Waals surface area contributed by atoms with Gasteiger partial charge in [-0.2, -0.15) is 13.2 Å². The minimum absolute atomic E-state index is 0.0652. The first-order chi connectivity index (χ1) is 12.4. The SMILES string of the molecule is COCCCNC(=O)[C@@H]1Cc2cc(C(F)(F)F)ccc2N2CCCC[C@@H]12. The molecule has 0 bridgehead atoms. The van der Waals surface area contributed by atoms with E-state index in [0.29, 0.717) is 25.1 Å². The Labute approximate surface area is 151 Å². The lowest BCUT2D eigenvalue weighted by molar-refractivity contribution is -0.137. The predicted molar refractivity (Wildman–Crippen MR) is 93.1 cm³/mol. The zero-order chi connectivity index (χ0) is 18.7. The molecule has 1 amide bonds. The number of amides is 1. The Hall–Kier alpha value is -1.76. The minimum atomic E-state index is -4.37. The van der Waals surface area contributed by atoms with Crippen LogP contribution < -0.4 is 10.2 Å². The highest BCUT2D eigenvalue weighted by atomic mass is 19.4. The number of hydrogen-bond acceptors (Lipinski definition) is 3. The van der Waals surface area contributed by atoms with Crippen LogP contribution in [0, 0.1) is 5.92 Å². The van der Waals surface area contributed by atoms with E-state index in [2.05, 4.69) is 10.2 Å². The normalized spacial score (nSPS) is 22.5. The third-order valence-corrected chi connectivity index (χ3v) is 5.33. The van der Waals surface area contributed by atoms with Crippen LogP contribution in [0.5, 0.6) is 0 Å². The molecule has 0 aliphatic carbocycles. The van der Waals surface area contributed by atoms with Gasteiger partial charge in [0.25, 0.3) is 0 Å². The molecule has 3 rings (SSSR count). The van der Waals surface area contributed by atoms with E-state index in [1.165, 1.54) is 6.07 Å². The second kappa shape index (κ2) is 7.86. The molecule has 1 N–H and O–H groups in total. The Bertz CT molecular complexity index is 648. The summed E-state index contributed by atoms with van der Waals surface area (Å²) in [6.07, 6.45) is -0.347. The number of piperidine rings is 1. The molecule has 0 spiro atoms. The molecule has 2 aliphatic rings. The molecule has 2 atom stereocenters. The van der Waals surface area contributed by atoms with E-state index >= 15 is 0 Å². The fourth-order valence-electron chi connectivity index (χ4n) is 4.08. The maximum absolute atomic E-state index is 13.1. The summed E-state index contributed by atoms with van der Waals surface area (Å²) in [5.41, 5.74) is 0.826. The average Bonchev–Trinajstić information content (AvgIpc) is 2.63. The van der Waals surface area contributed by atoms with Crippen LogP contribution in [0.2, 0.25) is 0 Å². The first kappa shape index (κ1) is 19.0. The molecule has 0 radical (unpaired) electrons. The number of fused-ring (bicyclic) bond motifs is 3. The number of nitrogens with one attached hydrogen (secondary N) is 1. The topological polar surface area (TPSA) is 41.6 Å². The lowest BCUT2D eigenvalue weighted by Crippen LogP contribution is -2.53. The van der Waals surface area contributed by atoms with Crippen molar-refractivity contribution in [2.75, 3.05) is 31.7 Å². The van der Waals surface area contributed by atoms with Gasteiger partial charge in [-0.3, -0.25) is 4.79 Å². The van der Waals surface area contributed by atoms with E-state index in [1.54, 1.807) is 13.2 Å². The van der Waals surface area contributed by atoms with Crippen molar-refractivity contribution in [2.24, 2.45) is 5.92 Å². The van der Waals surface area contributed by atoms with Crippen LogP contribution >= 0.6 is 0 Å². The predicted octanol–water partition coefficient (Wildman–Crippen LogP) is 3.39. The molecule has 7 heteroatoms. The first-order valence-electron chi connectivity index (χ1n) is 9.15. The summed E-state index contributed by atoms with van der Waals surface area (Å²) in [6, 6.07) is 4.00. The second-order valence-corrected chi connectivity index (χ2v) is 7.05. The number of carbonyl (C=O) groups is 1. The lowest BCUT2D eigenvalue weighted by Gasteiger charge is -2.46. The second-order valence-electron chi connectivity index (χ2n) is 7.05. The maximum Gasteiger partial charge on any atom is 0.416 e. The van der Waals surface area contributed by atoms with Gasteiger partial charge in [0.05, 0.1) is 11.5 Å². The van der Waals surface area contributed by atoms with Crippen molar-refractivity contribution in [3.05, 3.63) is 29.3 Å². The maximum atomic E-state index is 13.1.